The number of hydrogen-bond donors (Lipinski definition) is 1. The first-order chi connectivity index (χ1) is 12.3. The zero-order valence-electron chi connectivity index (χ0n) is 14.6. The Morgan fingerprint density at radius 2 is 1.85 bits per heavy atom. The third-order valence-electron chi connectivity index (χ3n) is 3.86. The molecule has 4 nitrogen and oxygen atoms in total. The molecule has 1 unspecified atom stereocenters. The summed E-state index contributed by atoms with van der Waals surface area (Å²) in [4.78, 5) is 14.0. The van der Waals surface area contributed by atoms with Gasteiger partial charge < -0.3 is 15.0 Å². The predicted octanol–water partition coefficient (Wildman–Crippen LogP) is 3.39. The summed E-state index contributed by atoms with van der Waals surface area (Å²) in [6.07, 6.45) is 0.109. The van der Waals surface area contributed by atoms with E-state index in [1.54, 1.807) is 18.2 Å². The number of alkyl halides is 2. The Bertz CT molecular complexity index is 721. The molecule has 2 rings (SSSR count). The van der Waals surface area contributed by atoms with E-state index in [2.05, 4.69) is 10.1 Å². The van der Waals surface area contributed by atoms with Gasteiger partial charge in [-0.1, -0.05) is 24.3 Å². The number of nitrogens with one attached hydrogen (secondary N) is 1. The minimum absolute atomic E-state index is 0.0444. The van der Waals surface area contributed by atoms with Crippen molar-refractivity contribution >= 4 is 5.91 Å². The van der Waals surface area contributed by atoms with E-state index in [0.717, 1.165) is 5.56 Å². The van der Waals surface area contributed by atoms with Gasteiger partial charge in [0.1, 0.15) is 11.6 Å². The molecule has 0 spiro atoms. The summed E-state index contributed by atoms with van der Waals surface area (Å²) in [5, 5.41) is 2.82. The lowest BCUT2D eigenvalue weighted by Crippen LogP contribution is -2.35. The molecular formula is C19H21F3N2O2. The summed E-state index contributed by atoms with van der Waals surface area (Å²) in [7, 11) is 3.70. The van der Waals surface area contributed by atoms with Gasteiger partial charge in [-0.05, 0) is 49.5 Å². The Kier molecular flexibility index (Phi) is 7.03. The summed E-state index contributed by atoms with van der Waals surface area (Å²) in [6.45, 7) is -2.56. The van der Waals surface area contributed by atoms with E-state index in [4.69, 9.17) is 0 Å². The second kappa shape index (κ2) is 9.24. The van der Waals surface area contributed by atoms with Gasteiger partial charge in [0.25, 0.3) is 0 Å². The van der Waals surface area contributed by atoms with Gasteiger partial charge in [-0.25, -0.2) is 4.39 Å². The number of benzene rings is 2. The molecule has 2 aromatic rings. The summed E-state index contributed by atoms with van der Waals surface area (Å²) < 4.78 is 41.9. The molecule has 0 bridgehead atoms. The fourth-order valence-electron chi connectivity index (χ4n) is 2.56. The van der Waals surface area contributed by atoms with Crippen LogP contribution in [0.1, 0.15) is 17.2 Å². The average Bonchev–Trinajstić information content (AvgIpc) is 2.56. The maximum atomic E-state index is 13.4. The van der Waals surface area contributed by atoms with Crippen molar-refractivity contribution < 1.29 is 22.7 Å². The van der Waals surface area contributed by atoms with Gasteiger partial charge in [0.2, 0.25) is 5.91 Å². The number of halogens is 3. The SMILES string of the molecule is CN(C)C(CNC(=O)Cc1ccc(OC(F)F)cc1)c1cccc(F)c1. The molecular weight excluding hydrogens is 345 g/mol. The maximum Gasteiger partial charge on any atom is 0.387 e. The largest absolute Gasteiger partial charge is 0.435 e. The molecule has 0 radical (unpaired) electrons. The first-order valence-corrected chi connectivity index (χ1v) is 8.07. The molecule has 0 heterocycles. The lowest BCUT2D eigenvalue weighted by atomic mass is 10.1. The smallest absolute Gasteiger partial charge is 0.387 e. The summed E-state index contributed by atoms with van der Waals surface area (Å²) in [5.41, 5.74) is 1.44. The first kappa shape index (κ1) is 19.8. The first-order valence-electron chi connectivity index (χ1n) is 8.07. The van der Waals surface area contributed by atoms with E-state index in [1.807, 2.05) is 25.1 Å². The van der Waals surface area contributed by atoms with Crippen molar-refractivity contribution in [1.82, 2.24) is 10.2 Å². The van der Waals surface area contributed by atoms with Gasteiger partial charge in [0.05, 0.1) is 12.5 Å². The number of ether oxygens (including phenoxy) is 1. The molecule has 0 aliphatic carbocycles. The predicted molar refractivity (Wildman–Crippen MR) is 92.6 cm³/mol. The van der Waals surface area contributed by atoms with Crippen molar-refractivity contribution in [3.8, 4) is 5.75 Å². The molecule has 26 heavy (non-hydrogen) atoms. The van der Waals surface area contributed by atoms with Gasteiger partial charge in [-0.15, -0.1) is 0 Å². The highest BCUT2D eigenvalue weighted by atomic mass is 19.3. The molecule has 7 heteroatoms. The normalized spacial score (nSPS) is 12.3. The second-order valence-electron chi connectivity index (χ2n) is 6.04. The zero-order chi connectivity index (χ0) is 19.1. The second-order valence-corrected chi connectivity index (χ2v) is 6.04. The van der Waals surface area contributed by atoms with Crippen molar-refractivity contribution in [1.29, 1.82) is 0 Å². The fourth-order valence-corrected chi connectivity index (χ4v) is 2.56. The van der Waals surface area contributed by atoms with Crippen LogP contribution < -0.4 is 10.1 Å². The fraction of sp³-hybridized carbons (Fsp3) is 0.316. The van der Waals surface area contributed by atoms with E-state index in [-0.39, 0.29) is 29.9 Å². The number of likely N-dealkylation sites (N-methyl/N-ethyl adjacent to an activating group) is 1. The summed E-state index contributed by atoms with van der Waals surface area (Å²) >= 11 is 0. The Balaban J connectivity index is 1.92. The number of carbonyl (C=O) groups is 1. The minimum atomic E-state index is -2.88. The maximum absolute atomic E-state index is 13.4. The van der Waals surface area contributed by atoms with Crippen LogP contribution in [0.3, 0.4) is 0 Å². The quantitative estimate of drug-likeness (QED) is 0.779. The van der Waals surface area contributed by atoms with Gasteiger partial charge in [0.15, 0.2) is 0 Å². The monoisotopic (exact) mass is 366 g/mol. The molecule has 1 N–H and O–H groups in total. The molecule has 0 aromatic heterocycles. The average molecular weight is 366 g/mol. The third kappa shape index (κ3) is 6.07. The van der Waals surface area contributed by atoms with E-state index in [1.165, 1.54) is 24.3 Å². The van der Waals surface area contributed by atoms with Crippen LogP contribution in [0.4, 0.5) is 13.2 Å². The number of carbonyl (C=O) groups excluding carboxylic acids is 1. The van der Waals surface area contributed by atoms with Crippen LogP contribution in [0.15, 0.2) is 48.5 Å². The number of hydrogen-bond acceptors (Lipinski definition) is 3. The molecule has 1 amide bonds. The highest BCUT2D eigenvalue weighted by Crippen LogP contribution is 2.19. The van der Waals surface area contributed by atoms with Gasteiger partial charge in [0, 0.05) is 6.54 Å². The van der Waals surface area contributed by atoms with Crippen LogP contribution in [-0.4, -0.2) is 38.1 Å². The summed E-state index contributed by atoms with van der Waals surface area (Å²) in [5.74, 6) is -0.495. The number of nitrogens with zero attached hydrogens (tertiary/aromatic N) is 1. The van der Waals surface area contributed by atoms with Crippen molar-refractivity contribution in [2.45, 2.75) is 19.1 Å². The molecule has 0 aliphatic rings. The third-order valence-corrected chi connectivity index (χ3v) is 3.86. The van der Waals surface area contributed by atoms with Crippen LogP contribution in [0.5, 0.6) is 5.75 Å². The molecule has 0 aliphatic heterocycles. The Hall–Kier alpha value is -2.54. The Morgan fingerprint density at radius 3 is 2.42 bits per heavy atom. The van der Waals surface area contributed by atoms with E-state index in [0.29, 0.717) is 12.1 Å². The van der Waals surface area contributed by atoms with Gasteiger partial charge in [-0.3, -0.25) is 4.79 Å². The lowest BCUT2D eigenvalue weighted by molar-refractivity contribution is -0.120. The van der Waals surface area contributed by atoms with Crippen LogP contribution >= 0.6 is 0 Å². The molecule has 140 valence electrons. The van der Waals surface area contributed by atoms with Crippen molar-refractivity contribution in [2.75, 3.05) is 20.6 Å². The molecule has 0 saturated carbocycles. The number of amides is 1. The topological polar surface area (TPSA) is 41.6 Å². The standard InChI is InChI=1S/C19H21F3N2O2/c1-24(2)17(14-4-3-5-15(20)11-14)12-23-18(25)10-13-6-8-16(9-7-13)26-19(21)22/h3-9,11,17,19H,10,12H2,1-2H3,(H,23,25). The van der Waals surface area contributed by atoms with Crippen molar-refractivity contribution in [2.24, 2.45) is 0 Å². The van der Waals surface area contributed by atoms with Crippen LogP contribution in [0.25, 0.3) is 0 Å². The van der Waals surface area contributed by atoms with Crippen molar-refractivity contribution in [3.63, 3.8) is 0 Å². The van der Waals surface area contributed by atoms with Gasteiger partial charge >= 0.3 is 6.61 Å². The minimum Gasteiger partial charge on any atom is -0.435 e. The van der Waals surface area contributed by atoms with Crippen molar-refractivity contribution in [3.05, 3.63) is 65.5 Å². The van der Waals surface area contributed by atoms with E-state index in [9.17, 15) is 18.0 Å². The Labute approximate surface area is 150 Å². The Morgan fingerprint density at radius 1 is 1.15 bits per heavy atom. The number of rotatable bonds is 8. The van der Waals surface area contributed by atoms with Crippen LogP contribution in [0.2, 0.25) is 0 Å². The van der Waals surface area contributed by atoms with E-state index >= 15 is 0 Å². The lowest BCUT2D eigenvalue weighted by Gasteiger charge is -2.25. The van der Waals surface area contributed by atoms with Gasteiger partial charge in [-0.2, -0.15) is 8.78 Å². The molecule has 0 fully saturated rings. The summed E-state index contributed by atoms with van der Waals surface area (Å²) in [6, 6.07) is 12.0. The molecule has 0 saturated heterocycles. The highest BCUT2D eigenvalue weighted by molar-refractivity contribution is 5.78. The van der Waals surface area contributed by atoms with Crippen LogP contribution in [-0.2, 0) is 11.2 Å². The van der Waals surface area contributed by atoms with Crippen LogP contribution in [0, 0.1) is 5.82 Å². The zero-order valence-corrected chi connectivity index (χ0v) is 14.6. The molecule has 1 atom stereocenters. The van der Waals surface area contributed by atoms with E-state index < -0.39 is 6.61 Å². The molecule has 2 aromatic carbocycles. The highest BCUT2D eigenvalue weighted by Gasteiger charge is 2.16.